The zero-order valence-electron chi connectivity index (χ0n) is 4.92. The lowest BCUT2D eigenvalue weighted by Gasteiger charge is -2.08. The molecule has 8 heavy (non-hydrogen) atoms. The predicted octanol–water partition coefficient (Wildman–Crippen LogP) is 0.448. The molecule has 0 aliphatic carbocycles. The molecule has 3 nitrogen and oxygen atoms in total. The van der Waals surface area contributed by atoms with Crippen LogP contribution < -0.4 is 0 Å². The molecule has 1 radical (unpaired) electrons. The molecule has 0 aromatic heterocycles. The number of carbonyl (C=O) groups excluding carboxylic acids is 1. The van der Waals surface area contributed by atoms with E-state index in [0.29, 0.717) is 11.6 Å². The summed E-state index contributed by atoms with van der Waals surface area (Å²) >= 11 is 0. The van der Waals surface area contributed by atoms with Crippen LogP contribution in [0.3, 0.4) is 0 Å². The minimum absolute atomic E-state index is 0.115. The van der Waals surface area contributed by atoms with Crippen LogP contribution in [0, 0.1) is 6.92 Å². The number of hydrogen-bond donors (Lipinski definition) is 1. The van der Waals surface area contributed by atoms with E-state index in [1.807, 2.05) is 0 Å². The van der Waals surface area contributed by atoms with E-state index in [0.717, 1.165) is 0 Å². The van der Waals surface area contributed by atoms with E-state index in [-0.39, 0.29) is 12.3 Å². The molecule has 0 rings (SSSR count). The van der Waals surface area contributed by atoms with Crippen LogP contribution in [0.1, 0.15) is 13.3 Å². The minimum atomic E-state index is -0.340. The summed E-state index contributed by atoms with van der Waals surface area (Å²) in [5.41, 5.74) is 0. The van der Waals surface area contributed by atoms with Crippen LogP contribution in [-0.4, -0.2) is 22.7 Å². The fourth-order valence-electron chi connectivity index (χ4n) is 0.305. The van der Waals surface area contributed by atoms with Gasteiger partial charge in [0.2, 0.25) is 5.91 Å². The van der Waals surface area contributed by atoms with Gasteiger partial charge in [-0.25, -0.2) is 5.06 Å². The Bertz CT molecular complexity index is 82.5. The quantitative estimate of drug-likeness (QED) is 0.420. The first-order valence-corrected chi connectivity index (χ1v) is 2.50. The number of carbonyl (C=O) groups is 1. The summed E-state index contributed by atoms with van der Waals surface area (Å²) in [5.74, 6) is -0.340. The van der Waals surface area contributed by atoms with Gasteiger partial charge in [0.1, 0.15) is 0 Å². The van der Waals surface area contributed by atoms with Gasteiger partial charge in [0, 0.05) is 13.0 Å². The molecule has 0 bridgehead atoms. The Morgan fingerprint density at radius 3 is 2.50 bits per heavy atom. The summed E-state index contributed by atoms with van der Waals surface area (Å²) in [7, 11) is 0. The summed E-state index contributed by atoms with van der Waals surface area (Å²) in [4.78, 5) is 10.4. The smallest absolute Gasteiger partial charge is 0.245 e. The summed E-state index contributed by atoms with van der Waals surface area (Å²) in [6, 6.07) is 0. The molecule has 0 aliphatic rings. The Hall–Kier alpha value is -0.570. The molecule has 0 unspecified atom stereocenters. The summed E-state index contributed by atoms with van der Waals surface area (Å²) in [6.07, 6.45) is 0.115. The highest BCUT2D eigenvalue weighted by Gasteiger charge is 2.02. The predicted molar refractivity (Wildman–Crippen MR) is 29.1 cm³/mol. The van der Waals surface area contributed by atoms with Gasteiger partial charge >= 0.3 is 0 Å². The first-order valence-electron chi connectivity index (χ1n) is 2.50. The van der Waals surface area contributed by atoms with Gasteiger partial charge in [-0.2, -0.15) is 0 Å². The van der Waals surface area contributed by atoms with E-state index in [9.17, 15) is 4.79 Å². The van der Waals surface area contributed by atoms with Crippen molar-refractivity contribution in [2.75, 3.05) is 6.54 Å². The van der Waals surface area contributed by atoms with Crippen molar-refractivity contribution in [1.82, 2.24) is 5.06 Å². The van der Waals surface area contributed by atoms with Crippen molar-refractivity contribution in [2.45, 2.75) is 13.3 Å². The van der Waals surface area contributed by atoms with Gasteiger partial charge in [0.25, 0.3) is 0 Å². The van der Waals surface area contributed by atoms with Crippen LogP contribution in [0.2, 0.25) is 0 Å². The van der Waals surface area contributed by atoms with Crippen LogP contribution in [0.4, 0.5) is 0 Å². The average Bonchev–Trinajstić information content (AvgIpc) is 1.84. The van der Waals surface area contributed by atoms with Gasteiger partial charge in [0.05, 0.1) is 0 Å². The Morgan fingerprint density at radius 1 is 1.88 bits per heavy atom. The number of amides is 1. The van der Waals surface area contributed by atoms with Crippen LogP contribution in [0.15, 0.2) is 0 Å². The molecular weight excluding hydrogens is 106 g/mol. The normalized spacial score (nSPS) is 8.88. The molecule has 0 aromatic rings. The summed E-state index contributed by atoms with van der Waals surface area (Å²) in [5, 5.41) is 9.22. The largest absolute Gasteiger partial charge is 0.286 e. The topological polar surface area (TPSA) is 40.5 Å². The third kappa shape index (κ3) is 1.93. The van der Waals surface area contributed by atoms with Gasteiger partial charge in [-0.3, -0.25) is 10.0 Å². The molecule has 0 spiro atoms. The number of hydroxylamine groups is 2. The lowest BCUT2D eigenvalue weighted by Crippen LogP contribution is -2.25. The molecule has 0 fully saturated rings. The Kier molecular flexibility index (Phi) is 3.19. The molecule has 0 saturated carbocycles. The number of rotatable bonds is 2. The summed E-state index contributed by atoms with van der Waals surface area (Å²) in [6.45, 7) is 5.32. The highest BCUT2D eigenvalue weighted by molar-refractivity contribution is 5.75. The first-order chi connectivity index (χ1) is 3.72. The molecule has 0 atom stereocenters. The highest BCUT2D eigenvalue weighted by atomic mass is 16.5. The average molecular weight is 116 g/mol. The second-order valence-electron chi connectivity index (χ2n) is 1.36. The molecule has 1 N–H and O–H groups in total. The van der Waals surface area contributed by atoms with E-state index in [2.05, 4.69) is 6.92 Å². The van der Waals surface area contributed by atoms with Crippen molar-refractivity contribution < 1.29 is 10.0 Å². The zero-order chi connectivity index (χ0) is 6.57. The molecular formula is C5H10NO2. The molecule has 47 valence electrons. The van der Waals surface area contributed by atoms with E-state index in [1.165, 1.54) is 0 Å². The molecule has 0 heterocycles. The second-order valence-corrected chi connectivity index (χ2v) is 1.36. The van der Waals surface area contributed by atoms with Crippen LogP contribution in [-0.2, 0) is 4.79 Å². The molecule has 0 aromatic carbocycles. The van der Waals surface area contributed by atoms with Gasteiger partial charge in [-0.05, 0) is 13.8 Å². The maximum Gasteiger partial charge on any atom is 0.245 e. The van der Waals surface area contributed by atoms with Crippen molar-refractivity contribution in [2.24, 2.45) is 0 Å². The fraction of sp³-hybridized carbons (Fsp3) is 0.600. The Labute approximate surface area is 48.9 Å². The van der Waals surface area contributed by atoms with E-state index in [4.69, 9.17) is 5.21 Å². The van der Waals surface area contributed by atoms with Crippen molar-refractivity contribution in [3.05, 3.63) is 6.92 Å². The van der Waals surface area contributed by atoms with Gasteiger partial charge in [-0.1, -0.05) is 0 Å². The highest BCUT2D eigenvalue weighted by Crippen LogP contribution is 1.85. The first kappa shape index (κ1) is 7.43. The standard InChI is InChI=1S/C5H10NO2/c1-3-5(7)6(8)4-2/h8H,1,3-4H2,2H3. The summed E-state index contributed by atoms with van der Waals surface area (Å²) < 4.78 is 0. The van der Waals surface area contributed by atoms with Crippen molar-refractivity contribution >= 4 is 5.91 Å². The van der Waals surface area contributed by atoms with Crippen LogP contribution >= 0.6 is 0 Å². The van der Waals surface area contributed by atoms with Crippen molar-refractivity contribution in [1.29, 1.82) is 0 Å². The molecule has 1 amide bonds. The van der Waals surface area contributed by atoms with E-state index < -0.39 is 0 Å². The maximum absolute atomic E-state index is 10.4. The van der Waals surface area contributed by atoms with Crippen molar-refractivity contribution in [3.8, 4) is 0 Å². The number of nitrogens with zero attached hydrogens (tertiary/aromatic N) is 1. The molecule has 3 heteroatoms. The Balaban J connectivity index is 3.46. The lowest BCUT2D eigenvalue weighted by atomic mass is 10.4. The monoisotopic (exact) mass is 116 g/mol. The molecule has 0 saturated heterocycles. The van der Waals surface area contributed by atoms with E-state index >= 15 is 0 Å². The van der Waals surface area contributed by atoms with Crippen LogP contribution in [0.5, 0.6) is 0 Å². The third-order valence-electron chi connectivity index (χ3n) is 0.801. The SMILES string of the molecule is [CH2]CC(=O)N(O)CC. The van der Waals surface area contributed by atoms with Gasteiger partial charge in [-0.15, -0.1) is 0 Å². The van der Waals surface area contributed by atoms with Crippen molar-refractivity contribution in [3.63, 3.8) is 0 Å². The maximum atomic E-state index is 10.4. The third-order valence-corrected chi connectivity index (χ3v) is 0.801. The second kappa shape index (κ2) is 3.43. The molecule has 0 aliphatic heterocycles. The lowest BCUT2D eigenvalue weighted by molar-refractivity contribution is -0.163. The Morgan fingerprint density at radius 2 is 2.38 bits per heavy atom. The van der Waals surface area contributed by atoms with Crippen LogP contribution in [0.25, 0.3) is 0 Å². The fourth-order valence-corrected chi connectivity index (χ4v) is 0.305. The van der Waals surface area contributed by atoms with Gasteiger partial charge in [0.15, 0.2) is 0 Å². The van der Waals surface area contributed by atoms with Gasteiger partial charge < -0.3 is 0 Å². The number of hydrogen-bond acceptors (Lipinski definition) is 2. The van der Waals surface area contributed by atoms with E-state index in [1.54, 1.807) is 6.92 Å². The zero-order valence-corrected chi connectivity index (χ0v) is 4.92. The minimum Gasteiger partial charge on any atom is -0.286 e.